The fourth-order valence-electron chi connectivity index (χ4n) is 3.18. The van der Waals surface area contributed by atoms with E-state index in [9.17, 15) is 9.90 Å². The van der Waals surface area contributed by atoms with Gasteiger partial charge in [0, 0.05) is 31.9 Å². The van der Waals surface area contributed by atoms with Crippen LogP contribution in [-0.2, 0) is 4.79 Å². The first-order valence-electron chi connectivity index (χ1n) is 8.77. The zero-order valence-electron chi connectivity index (χ0n) is 15.0. The molecule has 1 atom stereocenters. The maximum Gasteiger partial charge on any atom is 0.241 e. The van der Waals surface area contributed by atoms with Gasteiger partial charge in [0.15, 0.2) is 0 Å². The number of para-hydroxylation sites is 2. The quantitative estimate of drug-likeness (QED) is 0.846. The monoisotopic (exact) mass is 384 g/mol. The Morgan fingerprint density at radius 2 is 1.93 bits per heavy atom. The molecule has 0 unspecified atom stereocenters. The summed E-state index contributed by atoms with van der Waals surface area (Å²) < 4.78 is 0. The molecule has 0 aromatic heterocycles. The molecule has 6 nitrogen and oxygen atoms in total. The summed E-state index contributed by atoms with van der Waals surface area (Å²) in [5.74, 6) is 0.154. The lowest BCUT2D eigenvalue weighted by atomic mass is 10.1. The van der Waals surface area contributed by atoms with Crippen molar-refractivity contribution in [2.75, 3.05) is 36.4 Å². The summed E-state index contributed by atoms with van der Waals surface area (Å²) >= 11 is 6.02. The van der Waals surface area contributed by atoms with Crippen LogP contribution in [0.15, 0.2) is 42.5 Å². The standard InChI is InChI=1S/C20H21ClN4O2/c1-14(20(27)23-16-7-6-15(13-22)17(21)12-16)24-8-10-25(11-9-24)18-4-2-3-5-19(18)26/h2-7,12,14,26H,8-11H2,1H3,(H,23,27)/t14-/m0/s1. The second-order valence-corrected chi connectivity index (χ2v) is 6.89. The Labute approximate surface area is 163 Å². The third-order valence-electron chi connectivity index (χ3n) is 4.82. The fraction of sp³-hybridized carbons (Fsp3) is 0.300. The fourth-order valence-corrected chi connectivity index (χ4v) is 3.40. The van der Waals surface area contributed by atoms with Gasteiger partial charge in [-0.1, -0.05) is 23.7 Å². The van der Waals surface area contributed by atoms with E-state index in [1.807, 2.05) is 25.1 Å². The van der Waals surface area contributed by atoms with Crippen LogP contribution in [0.2, 0.25) is 5.02 Å². The van der Waals surface area contributed by atoms with Gasteiger partial charge in [-0.05, 0) is 37.3 Å². The molecule has 1 saturated heterocycles. The Balaban J connectivity index is 1.58. The Hall–Kier alpha value is -2.75. The van der Waals surface area contributed by atoms with Crippen LogP contribution in [-0.4, -0.2) is 48.1 Å². The average molecular weight is 385 g/mol. The van der Waals surface area contributed by atoms with E-state index >= 15 is 0 Å². The van der Waals surface area contributed by atoms with E-state index in [0.717, 1.165) is 31.9 Å². The Morgan fingerprint density at radius 1 is 1.22 bits per heavy atom. The van der Waals surface area contributed by atoms with Crippen LogP contribution in [0.3, 0.4) is 0 Å². The number of benzene rings is 2. The normalized spacial score (nSPS) is 15.8. The molecule has 0 bridgehead atoms. The lowest BCUT2D eigenvalue weighted by molar-refractivity contribution is -0.120. The van der Waals surface area contributed by atoms with Crippen LogP contribution in [0.1, 0.15) is 12.5 Å². The molecule has 2 aromatic rings. The van der Waals surface area contributed by atoms with E-state index < -0.39 is 0 Å². The summed E-state index contributed by atoms with van der Waals surface area (Å²) in [5, 5.41) is 22.1. The van der Waals surface area contributed by atoms with Crippen LogP contribution in [0.5, 0.6) is 5.75 Å². The number of hydrogen-bond donors (Lipinski definition) is 2. The summed E-state index contributed by atoms with van der Waals surface area (Å²) in [7, 11) is 0. The summed E-state index contributed by atoms with van der Waals surface area (Å²) in [4.78, 5) is 16.8. The number of rotatable bonds is 4. The highest BCUT2D eigenvalue weighted by molar-refractivity contribution is 6.32. The molecule has 1 heterocycles. The summed E-state index contributed by atoms with van der Waals surface area (Å²) in [6.07, 6.45) is 0. The average Bonchev–Trinajstić information content (AvgIpc) is 2.68. The Morgan fingerprint density at radius 3 is 2.56 bits per heavy atom. The number of phenols is 1. The Kier molecular flexibility index (Phi) is 5.84. The maximum atomic E-state index is 12.6. The zero-order chi connectivity index (χ0) is 19.4. The number of phenolic OH excluding ortho intramolecular Hbond substituents is 1. The van der Waals surface area contributed by atoms with Gasteiger partial charge in [-0.3, -0.25) is 9.69 Å². The van der Waals surface area contributed by atoms with Crippen molar-refractivity contribution in [2.24, 2.45) is 0 Å². The molecule has 2 N–H and O–H groups in total. The minimum atomic E-state index is -0.300. The molecule has 0 radical (unpaired) electrons. The van der Waals surface area contributed by atoms with E-state index in [-0.39, 0.29) is 17.7 Å². The number of nitrogens with one attached hydrogen (secondary N) is 1. The van der Waals surface area contributed by atoms with Crippen molar-refractivity contribution in [3.05, 3.63) is 53.1 Å². The zero-order valence-corrected chi connectivity index (χ0v) is 15.8. The highest BCUT2D eigenvalue weighted by atomic mass is 35.5. The first-order valence-corrected chi connectivity index (χ1v) is 9.15. The van der Waals surface area contributed by atoms with Gasteiger partial charge in [0.05, 0.1) is 22.3 Å². The molecule has 140 valence electrons. The number of halogens is 1. The summed E-state index contributed by atoms with van der Waals surface area (Å²) in [6, 6.07) is 13.8. The van der Waals surface area contributed by atoms with Gasteiger partial charge < -0.3 is 15.3 Å². The molecule has 1 aliphatic heterocycles. The minimum Gasteiger partial charge on any atom is -0.506 e. The molecule has 1 fully saturated rings. The van der Waals surface area contributed by atoms with Gasteiger partial charge in [0.25, 0.3) is 0 Å². The van der Waals surface area contributed by atoms with Crippen LogP contribution < -0.4 is 10.2 Å². The molecule has 1 aliphatic rings. The summed E-state index contributed by atoms with van der Waals surface area (Å²) in [5.41, 5.74) is 1.77. The summed E-state index contributed by atoms with van der Waals surface area (Å²) in [6.45, 7) is 4.78. The first kappa shape index (κ1) is 19.0. The molecule has 2 aromatic carbocycles. The van der Waals surface area contributed by atoms with E-state index in [4.69, 9.17) is 16.9 Å². The van der Waals surface area contributed by atoms with Gasteiger partial charge in [-0.25, -0.2) is 0 Å². The Bertz CT molecular complexity index is 873. The number of carbonyl (C=O) groups is 1. The van der Waals surface area contributed by atoms with Gasteiger partial charge in [-0.2, -0.15) is 5.26 Å². The van der Waals surface area contributed by atoms with Crippen molar-refractivity contribution in [1.29, 1.82) is 5.26 Å². The predicted molar refractivity (Wildman–Crippen MR) is 106 cm³/mol. The molecule has 0 spiro atoms. The van der Waals surface area contributed by atoms with Gasteiger partial charge >= 0.3 is 0 Å². The largest absolute Gasteiger partial charge is 0.506 e. The lowest BCUT2D eigenvalue weighted by Crippen LogP contribution is -2.52. The molecule has 3 rings (SSSR count). The van der Waals surface area contributed by atoms with Gasteiger partial charge in [0.2, 0.25) is 5.91 Å². The predicted octanol–water partition coefficient (Wildman–Crippen LogP) is 3.07. The molecular weight excluding hydrogens is 364 g/mol. The second kappa shape index (κ2) is 8.30. The highest BCUT2D eigenvalue weighted by Crippen LogP contribution is 2.27. The number of hydrogen-bond acceptors (Lipinski definition) is 5. The van der Waals surface area contributed by atoms with Gasteiger partial charge in [0.1, 0.15) is 11.8 Å². The van der Waals surface area contributed by atoms with Crippen LogP contribution in [0, 0.1) is 11.3 Å². The van der Waals surface area contributed by atoms with E-state index in [0.29, 0.717) is 16.3 Å². The SMILES string of the molecule is C[C@@H](C(=O)Nc1ccc(C#N)c(Cl)c1)N1CCN(c2ccccc2O)CC1. The molecular formula is C20H21ClN4O2. The van der Waals surface area contributed by atoms with Crippen molar-refractivity contribution >= 4 is 28.9 Å². The van der Waals surface area contributed by atoms with Crippen LogP contribution in [0.25, 0.3) is 0 Å². The lowest BCUT2D eigenvalue weighted by Gasteiger charge is -2.38. The third kappa shape index (κ3) is 4.33. The number of nitriles is 1. The van der Waals surface area contributed by atoms with Gasteiger partial charge in [-0.15, -0.1) is 0 Å². The molecule has 7 heteroatoms. The first-order chi connectivity index (χ1) is 13.0. The smallest absolute Gasteiger partial charge is 0.241 e. The number of amides is 1. The molecule has 27 heavy (non-hydrogen) atoms. The minimum absolute atomic E-state index is 0.119. The molecule has 0 saturated carbocycles. The van der Waals surface area contributed by atoms with Crippen LogP contribution >= 0.6 is 11.6 Å². The highest BCUT2D eigenvalue weighted by Gasteiger charge is 2.26. The maximum absolute atomic E-state index is 12.6. The number of nitrogens with zero attached hydrogens (tertiary/aromatic N) is 3. The third-order valence-corrected chi connectivity index (χ3v) is 5.13. The number of carbonyl (C=O) groups excluding carboxylic acids is 1. The van der Waals surface area contributed by atoms with E-state index in [1.54, 1.807) is 30.3 Å². The second-order valence-electron chi connectivity index (χ2n) is 6.48. The van der Waals surface area contributed by atoms with Crippen molar-refractivity contribution in [1.82, 2.24) is 4.90 Å². The number of piperazine rings is 1. The van der Waals surface area contributed by atoms with E-state index in [2.05, 4.69) is 15.1 Å². The topological polar surface area (TPSA) is 79.6 Å². The van der Waals surface area contributed by atoms with Crippen molar-refractivity contribution in [2.45, 2.75) is 13.0 Å². The van der Waals surface area contributed by atoms with Crippen molar-refractivity contribution in [3.63, 3.8) is 0 Å². The van der Waals surface area contributed by atoms with Crippen molar-refractivity contribution < 1.29 is 9.90 Å². The molecule has 0 aliphatic carbocycles. The van der Waals surface area contributed by atoms with E-state index in [1.165, 1.54) is 0 Å². The number of anilines is 2. The van der Waals surface area contributed by atoms with Crippen molar-refractivity contribution in [3.8, 4) is 11.8 Å². The van der Waals surface area contributed by atoms with Crippen LogP contribution in [0.4, 0.5) is 11.4 Å². The number of aromatic hydroxyl groups is 1. The molecule has 1 amide bonds.